The highest BCUT2D eigenvalue weighted by Gasteiger charge is 2.25. The van der Waals surface area contributed by atoms with Crippen LogP contribution in [0.5, 0.6) is 0 Å². The van der Waals surface area contributed by atoms with E-state index in [1.165, 1.54) is 12.1 Å². The van der Waals surface area contributed by atoms with E-state index in [2.05, 4.69) is 20.0 Å². The minimum absolute atomic E-state index is 0.121. The number of nitrogens with one attached hydrogen (secondary N) is 2. The Balaban J connectivity index is 1.94. The molecule has 7 nitrogen and oxygen atoms in total. The number of halogens is 2. The van der Waals surface area contributed by atoms with Crippen molar-refractivity contribution in [2.24, 2.45) is 0 Å². The van der Waals surface area contributed by atoms with Crippen molar-refractivity contribution < 1.29 is 12.8 Å². The molecule has 0 saturated heterocycles. The number of benzene rings is 1. The summed E-state index contributed by atoms with van der Waals surface area (Å²) >= 11 is 6.08. The molecule has 10 heteroatoms. The van der Waals surface area contributed by atoms with Crippen LogP contribution in [0.2, 0.25) is 5.02 Å². The van der Waals surface area contributed by atoms with Crippen molar-refractivity contribution in [2.45, 2.75) is 39.1 Å². The Hall–Kier alpha value is -2.39. The van der Waals surface area contributed by atoms with Gasteiger partial charge >= 0.3 is 0 Å². The predicted molar refractivity (Wildman–Crippen MR) is 101 cm³/mol. The van der Waals surface area contributed by atoms with Crippen molar-refractivity contribution in [2.75, 3.05) is 4.72 Å². The van der Waals surface area contributed by atoms with Crippen LogP contribution >= 0.6 is 11.6 Å². The Kier molecular flexibility index (Phi) is 5.00. The highest BCUT2D eigenvalue weighted by atomic mass is 35.5. The first-order chi connectivity index (χ1) is 12.6. The fourth-order valence-electron chi connectivity index (χ4n) is 2.93. The van der Waals surface area contributed by atoms with E-state index >= 15 is 0 Å². The quantitative estimate of drug-likeness (QED) is 0.672. The molecule has 0 fully saturated rings. The van der Waals surface area contributed by atoms with Gasteiger partial charge in [-0.15, -0.1) is 0 Å². The number of aryl methyl sites for hydroxylation is 3. The van der Waals surface area contributed by atoms with E-state index < -0.39 is 15.8 Å². The number of hydrogen-bond donors (Lipinski definition) is 2. The number of aromatic nitrogens is 4. The van der Waals surface area contributed by atoms with Crippen LogP contribution in [0.1, 0.15) is 28.3 Å². The van der Waals surface area contributed by atoms with Crippen LogP contribution < -0.4 is 4.72 Å². The zero-order chi connectivity index (χ0) is 19.9. The van der Waals surface area contributed by atoms with Crippen molar-refractivity contribution >= 4 is 27.3 Å². The molecule has 0 unspecified atom stereocenters. The summed E-state index contributed by atoms with van der Waals surface area (Å²) in [5.74, 6) is -0.420. The molecule has 0 aliphatic carbocycles. The highest BCUT2D eigenvalue weighted by molar-refractivity contribution is 7.92. The number of aromatic amines is 1. The average Bonchev–Trinajstić information content (AvgIpc) is 3.04. The molecule has 144 valence electrons. The minimum Gasteiger partial charge on any atom is -0.281 e. The van der Waals surface area contributed by atoms with Gasteiger partial charge in [0.25, 0.3) is 10.0 Å². The van der Waals surface area contributed by atoms with Gasteiger partial charge in [-0.2, -0.15) is 10.2 Å². The maximum atomic E-state index is 13.2. The first-order valence-electron chi connectivity index (χ1n) is 8.12. The number of hydrogen-bond acceptors (Lipinski definition) is 4. The molecule has 1 aromatic carbocycles. The van der Waals surface area contributed by atoms with Gasteiger partial charge in [-0.05, 0) is 45.4 Å². The number of nitrogens with zero attached hydrogens (tertiary/aromatic N) is 3. The van der Waals surface area contributed by atoms with E-state index in [1.807, 2.05) is 0 Å². The monoisotopic (exact) mass is 411 g/mol. The Labute approximate surface area is 161 Å². The van der Waals surface area contributed by atoms with Crippen LogP contribution in [0.15, 0.2) is 23.1 Å². The zero-order valence-corrected chi connectivity index (χ0v) is 16.8. The summed E-state index contributed by atoms with van der Waals surface area (Å²) in [5, 5.41) is 11.3. The van der Waals surface area contributed by atoms with E-state index in [4.69, 9.17) is 11.6 Å². The van der Waals surface area contributed by atoms with Gasteiger partial charge in [-0.3, -0.25) is 14.5 Å². The summed E-state index contributed by atoms with van der Waals surface area (Å²) in [7, 11) is -3.82. The highest BCUT2D eigenvalue weighted by Crippen LogP contribution is 2.27. The summed E-state index contributed by atoms with van der Waals surface area (Å²) in [4.78, 5) is 0.121. The van der Waals surface area contributed by atoms with Gasteiger partial charge in [0.1, 0.15) is 10.7 Å². The average molecular weight is 412 g/mol. The molecule has 0 spiro atoms. The molecule has 0 saturated carbocycles. The lowest BCUT2D eigenvalue weighted by Crippen LogP contribution is -2.16. The molecule has 3 aromatic rings. The predicted octanol–water partition coefficient (Wildman–Crippen LogP) is 3.48. The number of anilines is 1. The van der Waals surface area contributed by atoms with E-state index in [-0.39, 0.29) is 16.5 Å². The van der Waals surface area contributed by atoms with Gasteiger partial charge < -0.3 is 0 Å². The third kappa shape index (κ3) is 3.70. The smallest absolute Gasteiger partial charge is 0.265 e. The maximum Gasteiger partial charge on any atom is 0.265 e. The van der Waals surface area contributed by atoms with E-state index in [0.29, 0.717) is 34.0 Å². The van der Waals surface area contributed by atoms with Gasteiger partial charge in [0.15, 0.2) is 0 Å². The van der Waals surface area contributed by atoms with E-state index in [9.17, 15) is 12.8 Å². The fourth-order valence-corrected chi connectivity index (χ4v) is 4.71. The third-order valence-electron chi connectivity index (χ3n) is 4.28. The SMILES string of the molecule is Cc1nn(Cc2ccc(F)cc2Cl)c(C)c1NS(=O)(=O)c1c(C)n[nH]c1C. The Bertz CT molecular complexity index is 1100. The Morgan fingerprint density at radius 1 is 1.22 bits per heavy atom. The van der Waals surface area contributed by atoms with Crippen LogP contribution in [-0.4, -0.2) is 28.4 Å². The van der Waals surface area contributed by atoms with Gasteiger partial charge in [-0.1, -0.05) is 17.7 Å². The summed E-state index contributed by atoms with van der Waals surface area (Å²) < 4.78 is 43.1. The number of rotatable bonds is 5. The molecule has 0 aliphatic heterocycles. The second-order valence-electron chi connectivity index (χ2n) is 6.31. The topological polar surface area (TPSA) is 92.7 Å². The molecular formula is C17H19ClFN5O2S. The zero-order valence-electron chi connectivity index (χ0n) is 15.3. The number of H-pyrrole nitrogens is 1. The van der Waals surface area contributed by atoms with Gasteiger partial charge in [0.05, 0.1) is 35.0 Å². The lowest BCUT2D eigenvalue weighted by molar-refractivity contribution is 0.600. The van der Waals surface area contributed by atoms with E-state index in [0.717, 1.165) is 0 Å². The molecule has 2 N–H and O–H groups in total. The second-order valence-corrected chi connectivity index (χ2v) is 8.33. The third-order valence-corrected chi connectivity index (χ3v) is 6.25. The standard InChI is InChI=1S/C17H19ClFN5O2S/c1-9-16(23-27(25,26)17-10(2)20-21-11(17)3)12(4)24(22-9)8-13-5-6-14(19)7-15(13)18/h5-7,23H,8H2,1-4H3,(H,20,21). The minimum atomic E-state index is -3.82. The lowest BCUT2D eigenvalue weighted by Gasteiger charge is -2.10. The fraction of sp³-hybridized carbons (Fsp3) is 0.294. The van der Waals surface area contributed by atoms with Crippen molar-refractivity contribution in [3.63, 3.8) is 0 Å². The van der Waals surface area contributed by atoms with Crippen LogP contribution in [0.3, 0.4) is 0 Å². The van der Waals surface area contributed by atoms with Gasteiger partial charge in [0.2, 0.25) is 0 Å². The van der Waals surface area contributed by atoms with Crippen LogP contribution in [0.4, 0.5) is 10.1 Å². The summed E-state index contributed by atoms with van der Waals surface area (Å²) in [6.07, 6.45) is 0. The van der Waals surface area contributed by atoms with Crippen molar-refractivity contribution in [1.82, 2.24) is 20.0 Å². The molecule has 0 radical (unpaired) electrons. The second kappa shape index (κ2) is 6.97. The Morgan fingerprint density at radius 2 is 1.93 bits per heavy atom. The normalized spacial score (nSPS) is 11.8. The molecule has 0 bridgehead atoms. The molecule has 27 heavy (non-hydrogen) atoms. The maximum absolute atomic E-state index is 13.2. The largest absolute Gasteiger partial charge is 0.281 e. The number of sulfonamides is 1. The first kappa shape index (κ1) is 19.4. The van der Waals surface area contributed by atoms with Crippen LogP contribution in [-0.2, 0) is 16.6 Å². The van der Waals surface area contributed by atoms with Gasteiger partial charge in [-0.25, -0.2) is 12.8 Å². The first-order valence-corrected chi connectivity index (χ1v) is 9.98. The molecular weight excluding hydrogens is 393 g/mol. The molecule has 0 aliphatic rings. The van der Waals surface area contributed by atoms with Crippen molar-refractivity contribution in [1.29, 1.82) is 0 Å². The summed E-state index contributed by atoms with van der Waals surface area (Å²) in [5.41, 5.74) is 3.07. The lowest BCUT2D eigenvalue weighted by atomic mass is 10.2. The summed E-state index contributed by atoms with van der Waals surface area (Å²) in [6, 6.07) is 4.13. The van der Waals surface area contributed by atoms with Crippen LogP contribution in [0.25, 0.3) is 0 Å². The van der Waals surface area contributed by atoms with Gasteiger partial charge in [0, 0.05) is 5.02 Å². The van der Waals surface area contributed by atoms with Crippen molar-refractivity contribution in [3.05, 3.63) is 57.4 Å². The molecule has 0 amide bonds. The van der Waals surface area contributed by atoms with Crippen molar-refractivity contribution in [3.8, 4) is 0 Å². The molecule has 2 heterocycles. The Morgan fingerprint density at radius 3 is 2.52 bits per heavy atom. The molecule has 0 atom stereocenters. The summed E-state index contributed by atoms with van der Waals surface area (Å²) in [6.45, 7) is 7.02. The molecule has 2 aromatic heterocycles. The van der Waals surface area contributed by atoms with Crippen LogP contribution in [0, 0.1) is 33.5 Å². The van der Waals surface area contributed by atoms with E-state index in [1.54, 1.807) is 38.4 Å². The molecule has 3 rings (SSSR count).